The van der Waals surface area contributed by atoms with E-state index in [-0.39, 0.29) is 12.5 Å². The van der Waals surface area contributed by atoms with Crippen LogP contribution in [0, 0.1) is 5.92 Å². The molecule has 2 N–H and O–H groups in total. The van der Waals surface area contributed by atoms with Gasteiger partial charge in [-0.05, 0) is 38.5 Å². The minimum absolute atomic E-state index is 0.145. The van der Waals surface area contributed by atoms with E-state index in [1.54, 1.807) is 0 Å². The monoisotopic (exact) mass is 227 g/mol. The topological polar surface area (TPSA) is 49.3 Å². The number of unbranched alkanes of at least 4 members (excludes halogenated alkanes) is 1. The molecule has 1 amide bonds. The first-order valence-electron chi connectivity index (χ1n) is 6.64. The first kappa shape index (κ1) is 13.5. The minimum Gasteiger partial charge on any atom is -0.396 e. The van der Waals surface area contributed by atoms with Crippen molar-refractivity contribution in [3.8, 4) is 0 Å². The third kappa shape index (κ3) is 4.97. The molecule has 0 saturated heterocycles. The Labute approximate surface area is 98.6 Å². The normalized spacial score (nSPS) is 19.4. The lowest BCUT2D eigenvalue weighted by Gasteiger charge is -2.28. The smallest absolute Gasteiger partial charge is 0.220 e. The lowest BCUT2D eigenvalue weighted by Crippen LogP contribution is -2.38. The van der Waals surface area contributed by atoms with Crippen molar-refractivity contribution in [1.82, 2.24) is 5.32 Å². The van der Waals surface area contributed by atoms with Crippen molar-refractivity contribution in [2.75, 3.05) is 6.61 Å². The number of hydrogen-bond donors (Lipinski definition) is 2. The van der Waals surface area contributed by atoms with Crippen LogP contribution in [0.1, 0.15) is 58.3 Å². The van der Waals surface area contributed by atoms with Crippen LogP contribution < -0.4 is 5.32 Å². The zero-order chi connectivity index (χ0) is 11.8. The van der Waals surface area contributed by atoms with E-state index < -0.39 is 0 Å². The number of hydrogen-bond acceptors (Lipinski definition) is 2. The number of carbonyl (C=O) groups is 1. The van der Waals surface area contributed by atoms with E-state index in [4.69, 9.17) is 5.11 Å². The van der Waals surface area contributed by atoms with E-state index in [0.717, 1.165) is 12.8 Å². The third-order valence-electron chi connectivity index (χ3n) is 3.56. The number of amides is 1. The second-order valence-electron chi connectivity index (χ2n) is 4.93. The van der Waals surface area contributed by atoms with Gasteiger partial charge in [0.15, 0.2) is 0 Å². The van der Waals surface area contributed by atoms with Crippen LogP contribution in [0.4, 0.5) is 0 Å². The van der Waals surface area contributed by atoms with E-state index in [9.17, 15) is 4.79 Å². The number of carbonyl (C=O) groups excluding carboxylic acids is 1. The summed E-state index contributed by atoms with van der Waals surface area (Å²) in [6.45, 7) is 2.31. The summed E-state index contributed by atoms with van der Waals surface area (Å²) in [4.78, 5) is 11.6. The number of nitrogens with one attached hydrogen (secondary N) is 1. The highest BCUT2D eigenvalue weighted by molar-refractivity contribution is 5.76. The molecule has 0 aromatic rings. The summed E-state index contributed by atoms with van der Waals surface area (Å²) < 4.78 is 0. The van der Waals surface area contributed by atoms with E-state index >= 15 is 0 Å². The van der Waals surface area contributed by atoms with Crippen LogP contribution >= 0.6 is 0 Å². The molecule has 3 nitrogen and oxygen atoms in total. The van der Waals surface area contributed by atoms with Gasteiger partial charge in [-0.2, -0.15) is 0 Å². The maximum Gasteiger partial charge on any atom is 0.220 e. The summed E-state index contributed by atoms with van der Waals surface area (Å²) in [5.41, 5.74) is 0. The van der Waals surface area contributed by atoms with Gasteiger partial charge in [-0.1, -0.05) is 19.3 Å². The predicted octanol–water partition coefficient (Wildman–Crippen LogP) is 2.23. The lowest BCUT2D eigenvalue weighted by atomic mass is 9.84. The lowest BCUT2D eigenvalue weighted by molar-refractivity contribution is -0.122. The third-order valence-corrected chi connectivity index (χ3v) is 3.56. The molecule has 3 heteroatoms. The van der Waals surface area contributed by atoms with Gasteiger partial charge >= 0.3 is 0 Å². The first-order valence-corrected chi connectivity index (χ1v) is 6.64. The summed E-state index contributed by atoms with van der Waals surface area (Å²) in [5, 5.41) is 11.7. The van der Waals surface area contributed by atoms with Crippen LogP contribution in [0.25, 0.3) is 0 Å². The Balaban J connectivity index is 2.16. The van der Waals surface area contributed by atoms with Gasteiger partial charge in [0.1, 0.15) is 0 Å². The molecular weight excluding hydrogens is 202 g/mol. The quantitative estimate of drug-likeness (QED) is 0.684. The molecule has 94 valence electrons. The highest BCUT2D eigenvalue weighted by Gasteiger charge is 2.20. The zero-order valence-corrected chi connectivity index (χ0v) is 10.4. The van der Waals surface area contributed by atoms with Crippen LogP contribution in [-0.4, -0.2) is 23.7 Å². The highest BCUT2D eigenvalue weighted by Crippen LogP contribution is 2.26. The molecule has 0 radical (unpaired) electrons. The molecule has 16 heavy (non-hydrogen) atoms. The molecule has 1 rings (SSSR count). The van der Waals surface area contributed by atoms with Gasteiger partial charge in [-0.3, -0.25) is 4.79 Å². The van der Waals surface area contributed by atoms with Crippen molar-refractivity contribution in [2.45, 2.75) is 64.3 Å². The molecule has 1 saturated carbocycles. The maximum absolute atomic E-state index is 11.6. The second-order valence-corrected chi connectivity index (χ2v) is 4.93. The molecule has 0 aliphatic heterocycles. The van der Waals surface area contributed by atoms with Gasteiger partial charge in [0.2, 0.25) is 5.91 Å². The van der Waals surface area contributed by atoms with Crippen molar-refractivity contribution < 1.29 is 9.90 Å². The molecule has 0 bridgehead atoms. The average Bonchev–Trinajstić information content (AvgIpc) is 2.30. The maximum atomic E-state index is 11.6. The molecule has 0 aromatic carbocycles. The molecule has 1 unspecified atom stereocenters. The highest BCUT2D eigenvalue weighted by atomic mass is 16.2. The number of aliphatic hydroxyl groups is 1. The van der Waals surface area contributed by atoms with Crippen LogP contribution in [0.3, 0.4) is 0 Å². The minimum atomic E-state index is 0.145. The molecular formula is C13H25NO2. The molecule has 0 spiro atoms. The molecule has 0 aromatic heterocycles. The van der Waals surface area contributed by atoms with E-state index in [2.05, 4.69) is 12.2 Å². The summed E-state index contributed by atoms with van der Waals surface area (Å²) in [7, 11) is 0. The van der Waals surface area contributed by atoms with Gasteiger partial charge < -0.3 is 10.4 Å². The Morgan fingerprint density at radius 3 is 2.62 bits per heavy atom. The fraction of sp³-hybridized carbons (Fsp3) is 0.923. The molecule has 1 atom stereocenters. The standard InChI is InChI=1S/C13H25NO2/c1-11(12-7-3-2-4-8-12)14-13(16)9-5-6-10-15/h11-12,15H,2-10H2,1H3,(H,14,16). The van der Waals surface area contributed by atoms with Crippen LogP contribution in [0.5, 0.6) is 0 Å². The second kappa shape index (κ2) is 7.66. The van der Waals surface area contributed by atoms with E-state index in [1.807, 2.05) is 0 Å². The summed E-state index contributed by atoms with van der Waals surface area (Å²) >= 11 is 0. The molecule has 0 heterocycles. The van der Waals surface area contributed by atoms with Gasteiger partial charge in [0.05, 0.1) is 0 Å². The average molecular weight is 227 g/mol. The van der Waals surface area contributed by atoms with E-state index in [0.29, 0.717) is 18.4 Å². The van der Waals surface area contributed by atoms with Gasteiger partial charge in [0, 0.05) is 19.1 Å². The Morgan fingerprint density at radius 1 is 1.31 bits per heavy atom. The van der Waals surface area contributed by atoms with Gasteiger partial charge in [0.25, 0.3) is 0 Å². The first-order chi connectivity index (χ1) is 7.74. The van der Waals surface area contributed by atoms with Gasteiger partial charge in [-0.25, -0.2) is 0 Å². The Bertz CT molecular complexity index is 200. The fourth-order valence-corrected chi connectivity index (χ4v) is 2.48. The van der Waals surface area contributed by atoms with Crippen LogP contribution in [0.15, 0.2) is 0 Å². The van der Waals surface area contributed by atoms with Crippen LogP contribution in [0.2, 0.25) is 0 Å². The SMILES string of the molecule is CC(NC(=O)CCCCO)C1CCCCC1. The zero-order valence-electron chi connectivity index (χ0n) is 10.4. The van der Waals surface area contributed by atoms with Crippen LogP contribution in [-0.2, 0) is 4.79 Å². The Hall–Kier alpha value is -0.570. The molecule has 1 aliphatic rings. The number of rotatable bonds is 6. The number of aliphatic hydroxyl groups excluding tert-OH is 1. The van der Waals surface area contributed by atoms with Crippen molar-refractivity contribution in [3.05, 3.63) is 0 Å². The fourth-order valence-electron chi connectivity index (χ4n) is 2.48. The predicted molar refractivity (Wildman–Crippen MR) is 65.1 cm³/mol. The largest absolute Gasteiger partial charge is 0.396 e. The van der Waals surface area contributed by atoms with Crippen molar-refractivity contribution in [2.24, 2.45) is 5.92 Å². The molecule has 1 fully saturated rings. The van der Waals surface area contributed by atoms with Gasteiger partial charge in [-0.15, -0.1) is 0 Å². The summed E-state index contributed by atoms with van der Waals surface area (Å²) in [5.74, 6) is 0.821. The van der Waals surface area contributed by atoms with Crippen molar-refractivity contribution >= 4 is 5.91 Å². The van der Waals surface area contributed by atoms with Crippen molar-refractivity contribution in [1.29, 1.82) is 0 Å². The van der Waals surface area contributed by atoms with E-state index in [1.165, 1.54) is 32.1 Å². The summed E-state index contributed by atoms with van der Waals surface area (Å²) in [6, 6.07) is 0.321. The molecule has 1 aliphatic carbocycles. The Kier molecular flexibility index (Phi) is 6.46. The summed E-state index contributed by atoms with van der Waals surface area (Å²) in [6.07, 6.45) is 8.58. The van der Waals surface area contributed by atoms with Crippen molar-refractivity contribution in [3.63, 3.8) is 0 Å². The Morgan fingerprint density at radius 2 is 2.00 bits per heavy atom.